The van der Waals surface area contributed by atoms with Crippen molar-refractivity contribution in [2.45, 2.75) is 0 Å². The van der Waals surface area contributed by atoms with E-state index in [2.05, 4.69) is 0 Å². The Balaban J connectivity index is -0.00000000333. The van der Waals surface area contributed by atoms with Crippen LogP contribution in [0.25, 0.3) is 0 Å². The van der Waals surface area contributed by atoms with Crippen molar-refractivity contribution >= 4 is 68.5 Å². The van der Waals surface area contributed by atoms with Crippen molar-refractivity contribution in [3.63, 3.8) is 0 Å². The Bertz CT molecular complexity index is 36.7. The molecule has 0 aromatic heterocycles. The summed E-state index contributed by atoms with van der Waals surface area (Å²) in [6, 6.07) is 0. The molecule has 0 aliphatic rings. The van der Waals surface area contributed by atoms with E-state index in [1.807, 2.05) is 0 Å². The first-order valence-electron chi connectivity index (χ1n) is 0.408. The van der Waals surface area contributed by atoms with Crippen molar-refractivity contribution in [2.24, 2.45) is 0 Å². The molecule has 0 atom stereocenters. The Morgan fingerprint density at radius 2 is 1.40 bits per heavy atom. The molecular formula is CH4BaO2S. The molecule has 0 unspecified atom stereocenters. The summed E-state index contributed by atoms with van der Waals surface area (Å²) < 4.78 is 0. The fourth-order valence-corrected chi connectivity index (χ4v) is 0. The van der Waals surface area contributed by atoms with Crippen molar-refractivity contribution < 1.29 is 12.4 Å². The minimum absolute atomic E-state index is 0. The maximum absolute atomic E-state index is 8.12. The zero-order valence-electron chi connectivity index (χ0n) is 4.52. The van der Waals surface area contributed by atoms with Gasteiger partial charge in [-0.1, -0.05) is 0 Å². The van der Waals surface area contributed by atoms with E-state index in [0.29, 0.717) is 0 Å². The number of carbonyl (C=O) groups excluding carboxylic acids is 2. The van der Waals surface area contributed by atoms with Gasteiger partial charge in [0.25, 0.3) is 0 Å². The largest absolute Gasteiger partial charge is 2.00 e. The van der Waals surface area contributed by atoms with Crippen molar-refractivity contribution in [3.05, 3.63) is 0 Å². The van der Waals surface area contributed by atoms with Gasteiger partial charge in [-0.2, -0.15) is 23.1 Å². The van der Waals surface area contributed by atoms with E-state index in [4.69, 9.17) is 9.59 Å². The molecule has 0 amide bonds. The quantitative estimate of drug-likeness (QED) is 0.507. The predicted molar refractivity (Wildman–Crippen MR) is 23.4 cm³/mol. The van der Waals surface area contributed by atoms with Crippen LogP contribution in [0.5, 0.6) is 0 Å². The first kappa shape index (κ1) is 16.2. The molecule has 5 heavy (non-hydrogen) atoms. The van der Waals surface area contributed by atoms with Gasteiger partial charge in [-0.3, -0.25) is 0 Å². The summed E-state index contributed by atoms with van der Waals surface area (Å²) in [5.74, 6) is 0. The van der Waals surface area contributed by atoms with Crippen molar-refractivity contribution in [3.8, 4) is 0 Å². The van der Waals surface area contributed by atoms with Crippen LogP contribution in [0.4, 0.5) is 0 Å². The van der Waals surface area contributed by atoms with Gasteiger partial charge in [0.2, 0.25) is 0 Å². The van der Waals surface area contributed by atoms with Crippen molar-refractivity contribution in [2.75, 3.05) is 0 Å². The average molecular weight is 217 g/mol. The molecule has 0 aliphatic heterocycles. The van der Waals surface area contributed by atoms with E-state index in [1.165, 1.54) is 0 Å². The molecule has 0 N–H and O–H groups in total. The molecule has 0 aliphatic carbocycles. The molecule has 0 saturated carbocycles. The van der Waals surface area contributed by atoms with E-state index in [9.17, 15) is 0 Å². The zero-order valence-corrected chi connectivity index (χ0v) is 7.96. The second-order valence-corrected chi connectivity index (χ2v) is 0.0833. The smallest absolute Gasteiger partial charge is 1.00 e. The van der Waals surface area contributed by atoms with Gasteiger partial charge in [0.15, 0.2) is 0 Å². The average Bonchev–Trinajstić information content (AvgIpc) is 0.918. The van der Waals surface area contributed by atoms with Gasteiger partial charge in [0.05, 0.1) is 0 Å². The normalized spacial score (nSPS) is 1.60. The van der Waals surface area contributed by atoms with E-state index >= 15 is 0 Å². The fourth-order valence-electron chi connectivity index (χ4n) is 0. The molecule has 0 saturated heterocycles. The maximum atomic E-state index is 8.12. The second-order valence-electron chi connectivity index (χ2n) is 0.0833. The summed E-state index contributed by atoms with van der Waals surface area (Å²) in [5.41, 5.74) is 0. The number of hydrogen-bond donors (Lipinski definition) is 0. The molecule has 0 radical (unpaired) electrons. The van der Waals surface area contributed by atoms with Gasteiger partial charge in [-0.25, -0.2) is 0 Å². The number of hydrogen-bond acceptors (Lipinski definition) is 2. The summed E-state index contributed by atoms with van der Waals surface area (Å²) >= 11 is 0. The molecule has 0 aromatic rings. The van der Waals surface area contributed by atoms with Gasteiger partial charge in [0, 0.05) is 0 Å². The predicted octanol–water partition coefficient (Wildman–Crippen LogP) is -0.627. The van der Waals surface area contributed by atoms with E-state index in [1.54, 1.807) is 0 Å². The standard InChI is InChI=1S/CO2.Ba.H2S.2H/c2-1-3;;;;/h;;1H2;;/q;+2;;2*-1. The van der Waals surface area contributed by atoms with Gasteiger partial charge in [0.1, 0.15) is 0 Å². The van der Waals surface area contributed by atoms with Crippen LogP contribution in [0.1, 0.15) is 2.85 Å². The molecule has 0 spiro atoms. The summed E-state index contributed by atoms with van der Waals surface area (Å²) in [4.78, 5) is 16.2. The third kappa shape index (κ3) is 34.1. The zero-order chi connectivity index (χ0) is 2.71. The SMILES string of the molecule is O=C=O.S.[Ba+2].[H-].[H-]. The Kier molecular flexibility index (Phi) is 60.2. The Morgan fingerprint density at radius 3 is 1.40 bits per heavy atom. The fraction of sp³-hybridized carbons (Fsp3) is 0. The summed E-state index contributed by atoms with van der Waals surface area (Å²) in [6.07, 6.45) is 0.250. The van der Waals surface area contributed by atoms with Gasteiger partial charge in [-0.05, 0) is 0 Å². The Hall–Kier alpha value is 1.30. The van der Waals surface area contributed by atoms with Crippen LogP contribution in [0, 0.1) is 0 Å². The molecule has 4 heteroatoms. The molecule has 0 rings (SSSR count). The first-order valence-corrected chi connectivity index (χ1v) is 0.408. The monoisotopic (exact) mass is 218 g/mol. The minimum atomic E-state index is 0. The first-order chi connectivity index (χ1) is 1.41. The van der Waals surface area contributed by atoms with Gasteiger partial charge in [-0.15, -0.1) is 0 Å². The van der Waals surface area contributed by atoms with Crippen LogP contribution in [0.2, 0.25) is 0 Å². The summed E-state index contributed by atoms with van der Waals surface area (Å²) in [6.45, 7) is 0. The molecular weight excluding hydrogens is 213 g/mol. The molecule has 0 bridgehead atoms. The third-order valence-electron chi connectivity index (χ3n) is 0. The molecule has 2 nitrogen and oxygen atoms in total. The van der Waals surface area contributed by atoms with Crippen molar-refractivity contribution in [1.82, 2.24) is 0 Å². The van der Waals surface area contributed by atoms with Crippen molar-refractivity contribution in [1.29, 1.82) is 0 Å². The van der Waals surface area contributed by atoms with Crippen LogP contribution in [-0.2, 0) is 9.59 Å². The van der Waals surface area contributed by atoms with E-state index in [0.717, 1.165) is 0 Å². The van der Waals surface area contributed by atoms with E-state index in [-0.39, 0.29) is 71.4 Å². The summed E-state index contributed by atoms with van der Waals surface area (Å²) in [5, 5.41) is 0. The van der Waals surface area contributed by atoms with Crippen LogP contribution >= 0.6 is 13.5 Å². The summed E-state index contributed by atoms with van der Waals surface area (Å²) in [7, 11) is 0. The van der Waals surface area contributed by atoms with Crippen LogP contribution in [-0.4, -0.2) is 55.0 Å². The van der Waals surface area contributed by atoms with Crippen LogP contribution in [0.3, 0.4) is 0 Å². The molecule has 0 heterocycles. The Morgan fingerprint density at radius 1 is 1.40 bits per heavy atom. The topological polar surface area (TPSA) is 34.1 Å². The van der Waals surface area contributed by atoms with Crippen LogP contribution in [0.15, 0.2) is 0 Å². The van der Waals surface area contributed by atoms with Gasteiger partial charge >= 0.3 is 55.0 Å². The molecule has 28 valence electrons. The minimum Gasteiger partial charge on any atom is -1.00 e. The van der Waals surface area contributed by atoms with Gasteiger partial charge < -0.3 is 2.85 Å². The molecule has 0 aromatic carbocycles. The van der Waals surface area contributed by atoms with Crippen LogP contribution < -0.4 is 0 Å². The Labute approximate surface area is 79.8 Å². The third-order valence-corrected chi connectivity index (χ3v) is 0. The number of rotatable bonds is 0. The molecule has 0 fully saturated rings. The second kappa shape index (κ2) is 18.5. The van der Waals surface area contributed by atoms with E-state index < -0.39 is 0 Å². The maximum Gasteiger partial charge on any atom is 2.00 e.